The van der Waals surface area contributed by atoms with E-state index in [-0.39, 0.29) is 11.9 Å². The maximum absolute atomic E-state index is 11.2. The Balaban J connectivity index is 3.71. The molecule has 0 spiro atoms. The summed E-state index contributed by atoms with van der Waals surface area (Å²) in [7, 11) is 0. The lowest BCUT2D eigenvalue weighted by molar-refractivity contribution is -0.148. The van der Waals surface area contributed by atoms with Gasteiger partial charge in [0.2, 0.25) is 0 Å². The summed E-state index contributed by atoms with van der Waals surface area (Å²) in [5.41, 5.74) is 0. The first-order chi connectivity index (χ1) is 5.76. The van der Waals surface area contributed by atoms with E-state index in [1.54, 1.807) is 0 Å². The van der Waals surface area contributed by atoms with Crippen molar-refractivity contribution in [3.63, 3.8) is 0 Å². The zero-order chi connectivity index (χ0) is 9.40. The molecule has 12 heavy (non-hydrogen) atoms. The first-order valence-corrected chi connectivity index (χ1v) is 5.61. The Bertz CT molecular complexity index is 126. The van der Waals surface area contributed by atoms with Crippen molar-refractivity contribution in [1.82, 2.24) is 0 Å². The number of esters is 1. The minimum absolute atomic E-state index is 0.0408. The first-order valence-electron chi connectivity index (χ1n) is 4.48. The summed E-state index contributed by atoms with van der Waals surface area (Å²) >= 11 is 3.34. The molecule has 0 fully saturated rings. The second kappa shape index (κ2) is 7.59. The third-order valence-electron chi connectivity index (χ3n) is 1.80. The summed E-state index contributed by atoms with van der Waals surface area (Å²) in [5.74, 6) is 0.0588. The second-order valence-corrected chi connectivity index (χ2v) is 3.48. The van der Waals surface area contributed by atoms with Gasteiger partial charge in [-0.2, -0.15) is 0 Å². The maximum atomic E-state index is 11.2. The quantitative estimate of drug-likeness (QED) is 0.524. The Morgan fingerprint density at radius 1 is 1.50 bits per heavy atom. The van der Waals surface area contributed by atoms with Gasteiger partial charge in [0.15, 0.2) is 0 Å². The van der Waals surface area contributed by atoms with Crippen molar-refractivity contribution in [2.45, 2.75) is 33.1 Å². The number of carbonyl (C=O) groups excluding carboxylic acids is 1. The molecule has 0 rings (SSSR count). The van der Waals surface area contributed by atoms with Gasteiger partial charge in [-0.15, -0.1) is 0 Å². The van der Waals surface area contributed by atoms with Gasteiger partial charge in [-0.1, -0.05) is 22.9 Å². The van der Waals surface area contributed by atoms with Crippen LogP contribution in [0.4, 0.5) is 0 Å². The van der Waals surface area contributed by atoms with E-state index >= 15 is 0 Å². The standard InChI is InChI=1S/C9H17BrO2/c1-3-8(6-5-7-10)9(11)12-4-2/h8H,3-7H2,1-2H3. The summed E-state index contributed by atoms with van der Waals surface area (Å²) in [4.78, 5) is 11.2. The smallest absolute Gasteiger partial charge is 0.308 e. The highest BCUT2D eigenvalue weighted by Gasteiger charge is 2.16. The minimum Gasteiger partial charge on any atom is -0.466 e. The van der Waals surface area contributed by atoms with Gasteiger partial charge in [-0.25, -0.2) is 0 Å². The van der Waals surface area contributed by atoms with Gasteiger partial charge in [0.25, 0.3) is 0 Å². The van der Waals surface area contributed by atoms with Crippen LogP contribution in [0.5, 0.6) is 0 Å². The fourth-order valence-electron chi connectivity index (χ4n) is 1.07. The topological polar surface area (TPSA) is 26.3 Å². The van der Waals surface area contributed by atoms with Gasteiger partial charge in [0.05, 0.1) is 12.5 Å². The molecule has 0 saturated carbocycles. The molecule has 0 aliphatic carbocycles. The van der Waals surface area contributed by atoms with Crippen LogP contribution in [0.15, 0.2) is 0 Å². The first kappa shape index (κ1) is 11.9. The van der Waals surface area contributed by atoms with Crippen molar-refractivity contribution in [1.29, 1.82) is 0 Å². The summed E-state index contributed by atoms with van der Waals surface area (Å²) in [6.45, 7) is 4.36. The third kappa shape index (κ3) is 4.75. The SMILES string of the molecule is CCOC(=O)C(CC)CCCBr. The van der Waals surface area contributed by atoms with Crippen LogP contribution in [0.1, 0.15) is 33.1 Å². The van der Waals surface area contributed by atoms with Crippen LogP contribution < -0.4 is 0 Å². The van der Waals surface area contributed by atoms with Gasteiger partial charge in [-0.3, -0.25) is 4.79 Å². The van der Waals surface area contributed by atoms with E-state index in [4.69, 9.17) is 4.74 Å². The van der Waals surface area contributed by atoms with Crippen LogP contribution in [0.2, 0.25) is 0 Å². The molecule has 0 N–H and O–H groups in total. The summed E-state index contributed by atoms with van der Waals surface area (Å²) in [5, 5.41) is 0.961. The van der Waals surface area contributed by atoms with Gasteiger partial charge in [-0.05, 0) is 26.2 Å². The minimum atomic E-state index is -0.0408. The molecule has 0 aromatic carbocycles. The number of carbonyl (C=O) groups is 1. The number of halogens is 1. The Labute approximate surface area is 82.8 Å². The normalized spacial score (nSPS) is 12.6. The Morgan fingerprint density at radius 3 is 2.58 bits per heavy atom. The van der Waals surface area contributed by atoms with Crippen LogP contribution in [0.3, 0.4) is 0 Å². The lowest BCUT2D eigenvalue weighted by Gasteiger charge is -2.11. The average molecular weight is 237 g/mol. The van der Waals surface area contributed by atoms with Crippen molar-refractivity contribution >= 4 is 21.9 Å². The monoisotopic (exact) mass is 236 g/mol. The Kier molecular flexibility index (Phi) is 7.56. The summed E-state index contributed by atoms with van der Waals surface area (Å²) in [6.07, 6.45) is 2.85. The van der Waals surface area contributed by atoms with Crippen LogP contribution in [-0.2, 0) is 9.53 Å². The van der Waals surface area contributed by atoms with E-state index in [1.807, 2.05) is 13.8 Å². The van der Waals surface area contributed by atoms with Crippen LogP contribution in [0, 0.1) is 5.92 Å². The molecule has 0 aromatic rings. The molecule has 0 amide bonds. The third-order valence-corrected chi connectivity index (χ3v) is 2.36. The molecule has 0 saturated heterocycles. The lowest BCUT2D eigenvalue weighted by atomic mass is 10.0. The van der Waals surface area contributed by atoms with Crippen molar-refractivity contribution in [2.75, 3.05) is 11.9 Å². The molecule has 1 atom stereocenters. The van der Waals surface area contributed by atoms with E-state index in [0.29, 0.717) is 6.61 Å². The van der Waals surface area contributed by atoms with Gasteiger partial charge < -0.3 is 4.74 Å². The summed E-state index contributed by atoms with van der Waals surface area (Å²) < 4.78 is 4.94. The predicted molar refractivity (Wildman–Crippen MR) is 53.4 cm³/mol. The second-order valence-electron chi connectivity index (χ2n) is 2.69. The number of alkyl halides is 1. The van der Waals surface area contributed by atoms with Gasteiger partial charge in [0.1, 0.15) is 0 Å². The molecule has 0 aliphatic rings. The van der Waals surface area contributed by atoms with Crippen molar-refractivity contribution in [2.24, 2.45) is 5.92 Å². The van der Waals surface area contributed by atoms with Crippen LogP contribution in [0.25, 0.3) is 0 Å². The van der Waals surface area contributed by atoms with E-state index in [9.17, 15) is 4.79 Å². The lowest BCUT2D eigenvalue weighted by Crippen LogP contribution is -2.17. The van der Waals surface area contributed by atoms with Crippen molar-refractivity contribution < 1.29 is 9.53 Å². The molecule has 3 heteroatoms. The molecular weight excluding hydrogens is 220 g/mol. The Morgan fingerprint density at radius 2 is 2.17 bits per heavy atom. The highest BCUT2D eigenvalue weighted by atomic mass is 79.9. The van der Waals surface area contributed by atoms with Crippen molar-refractivity contribution in [3.8, 4) is 0 Å². The highest BCUT2D eigenvalue weighted by Crippen LogP contribution is 2.13. The van der Waals surface area contributed by atoms with E-state index in [1.165, 1.54) is 0 Å². The fourth-order valence-corrected chi connectivity index (χ4v) is 1.40. The van der Waals surface area contributed by atoms with Gasteiger partial charge in [0, 0.05) is 5.33 Å². The maximum Gasteiger partial charge on any atom is 0.308 e. The fraction of sp³-hybridized carbons (Fsp3) is 0.889. The number of rotatable bonds is 6. The molecule has 0 heterocycles. The molecule has 72 valence electrons. The molecular formula is C9H17BrO2. The molecule has 0 aromatic heterocycles. The largest absolute Gasteiger partial charge is 0.466 e. The summed E-state index contributed by atoms with van der Waals surface area (Å²) in [6, 6.07) is 0. The number of hydrogen-bond acceptors (Lipinski definition) is 2. The highest BCUT2D eigenvalue weighted by molar-refractivity contribution is 9.09. The van der Waals surface area contributed by atoms with Gasteiger partial charge >= 0.3 is 5.97 Å². The number of ether oxygens (including phenoxy) is 1. The van der Waals surface area contributed by atoms with Crippen molar-refractivity contribution in [3.05, 3.63) is 0 Å². The average Bonchev–Trinajstić information content (AvgIpc) is 2.06. The zero-order valence-electron chi connectivity index (χ0n) is 7.81. The molecule has 1 unspecified atom stereocenters. The van der Waals surface area contributed by atoms with E-state index in [2.05, 4.69) is 15.9 Å². The number of hydrogen-bond donors (Lipinski definition) is 0. The van der Waals surface area contributed by atoms with Crippen LogP contribution in [-0.4, -0.2) is 17.9 Å². The Hall–Kier alpha value is -0.0500. The van der Waals surface area contributed by atoms with E-state index < -0.39 is 0 Å². The molecule has 2 nitrogen and oxygen atoms in total. The van der Waals surface area contributed by atoms with E-state index in [0.717, 1.165) is 24.6 Å². The molecule has 0 bridgehead atoms. The van der Waals surface area contributed by atoms with Crippen LogP contribution >= 0.6 is 15.9 Å². The molecule has 0 aliphatic heterocycles. The predicted octanol–water partition coefficient (Wildman–Crippen LogP) is 2.75. The zero-order valence-corrected chi connectivity index (χ0v) is 9.39. The molecule has 0 radical (unpaired) electrons.